The van der Waals surface area contributed by atoms with E-state index in [9.17, 15) is 4.79 Å². The van der Waals surface area contributed by atoms with Crippen LogP contribution in [-0.4, -0.2) is 39.0 Å². The quantitative estimate of drug-likeness (QED) is 0.354. The average molecular weight is 391 g/mol. The minimum absolute atomic E-state index is 0.0283. The van der Waals surface area contributed by atoms with Crippen molar-refractivity contribution in [2.45, 2.75) is 67.6 Å². The molecule has 0 N–H and O–H groups in total. The van der Waals surface area contributed by atoms with E-state index < -0.39 is 26.5 Å². The molecule has 0 atom stereocenters. The molecule has 0 aliphatic heterocycles. The zero-order chi connectivity index (χ0) is 15.3. The molecule has 0 heterocycles. The molecule has 0 aliphatic carbocycles. The molecule has 0 amide bonds. The fourth-order valence-electron chi connectivity index (χ4n) is 2.31. The van der Waals surface area contributed by atoms with Crippen molar-refractivity contribution < 1.29 is 9.53 Å². The SMILES string of the molecule is CCCC/[C](=C(\C(=O)OCC)[Si](C)(C)C)[Sn]([CH3])([CH3])[CH3]. The summed E-state index contributed by atoms with van der Waals surface area (Å²) < 4.78 is 6.88. The Morgan fingerprint density at radius 1 is 1.11 bits per heavy atom. The van der Waals surface area contributed by atoms with Gasteiger partial charge in [-0.05, 0) is 0 Å². The zero-order valence-corrected chi connectivity index (χ0v) is 18.0. The molecular formula is C15H32O2SiSn. The van der Waals surface area contributed by atoms with Gasteiger partial charge >= 0.3 is 125 Å². The molecule has 0 aromatic heterocycles. The first-order chi connectivity index (χ1) is 8.55. The van der Waals surface area contributed by atoms with Crippen molar-refractivity contribution in [3.8, 4) is 0 Å². The third-order valence-corrected chi connectivity index (χ3v) is 12.5. The van der Waals surface area contributed by atoms with E-state index in [2.05, 4.69) is 41.4 Å². The normalized spacial score (nSPS) is 14.1. The van der Waals surface area contributed by atoms with E-state index in [1.165, 1.54) is 16.4 Å². The third-order valence-electron chi connectivity index (χ3n) is 3.22. The van der Waals surface area contributed by atoms with Crippen molar-refractivity contribution in [2.75, 3.05) is 6.61 Å². The Morgan fingerprint density at radius 2 is 1.63 bits per heavy atom. The summed E-state index contributed by atoms with van der Waals surface area (Å²) in [6.45, 7) is 11.4. The number of hydrogen-bond acceptors (Lipinski definition) is 2. The van der Waals surface area contributed by atoms with Crippen LogP contribution < -0.4 is 0 Å². The van der Waals surface area contributed by atoms with Gasteiger partial charge in [-0.3, -0.25) is 0 Å². The number of hydrogen-bond donors (Lipinski definition) is 0. The van der Waals surface area contributed by atoms with Crippen LogP contribution in [0.25, 0.3) is 0 Å². The maximum absolute atomic E-state index is 12.4. The summed E-state index contributed by atoms with van der Waals surface area (Å²) in [7, 11) is -1.65. The van der Waals surface area contributed by atoms with E-state index in [1.807, 2.05) is 6.92 Å². The molecule has 0 aromatic rings. The van der Waals surface area contributed by atoms with Gasteiger partial charge in [0.1, 0.15) is 0 Å². The van der Waals surface area contributed by atoms with E-state index in [0.29, 0.717) is 6.61 Å². The second kappa shape index (κ2) is 7.86. The van der Waals surface area contributed by atoms with Crippen LogP contribution in [0.5, 0.6) is 0 Å². The summed E-state index contributed by atoms with van der Waals surface area (Å²) in [6.07, 6.45) is 3.48. The number of unbranched alkanes of at least 4 members (excludes halogenated alkanes) is 1. The zero-order valence-electron chi connectivity index (χ0n) is 14.1. The molecule has 19 heavy (non-hydrogen) atoms. The number of carbonyl (C=O) groups excluding carboxylic acids is 1. The van der Waals surface area contributed by atoms with Crippen LogP contribution in [0.1, 0.15) is 33.1 Å². The molecule has 0 spiro atoms. The molecule has 4 heteroatoms. The summed E-state index contributed by atoms with van der Waals surface area (Å²) in [4.78, 5) is 19.7. The summed E-state index contributed by atoms with van der Waals surface area (Å²) in [6, 6.07) is 0. The first kappa shape index (κ1) is 19.2. The van der Waals surface area contributed by atoms with Crippen LogP contribution in [0.2, 0.25) is 34.5 Å². The molecule has 0 bridgehead atoms. The van der Waals surface area contributed by atoms with E-state index >= 15 is 0 Å². The molecule has 0 aliphatic rings. The third kappa shape index (κ3) is 6.47. The summed E-state index contributed by atoms with van der Waals surface area (Å²) >= 11 is -2.25. The second-order valence-corrected chi connectivity index (χ2v) is 26.7. The monoisotopic (exact) mass is 392 g/mol. The topological polar surface area (TPSA) is 26.3 Å². The van der Waals surface area contributed by atoms with Gasteiger partial charge in [0, 0.05) is 0 Å². The maximum atomic E-state index is 12.4. The van der Waals surface area contributed by atoms with Crippen molar-refractivity contribution in [2.24, 2.45) is 0 Å². The van der Waals surface area contributed by atoms with Gasteiger partial charge in [0.15, 0.2) is 0 Å². The fourth-order valence-corrected chi connectivity index (χ4v) is 14.8. The Kier molecular flexibility index (Phi) is 7.96. The Hall–Kier alpha value is 0.226. The van der Waals surface area contributed by atoms with Gasteiger partial charge in [0.25, 0.3) is 0 Å². The summed E-state index contributed by atoms with van der Waals surface area (Å²) in [5.41, 5.74) is 0. The van der Waals surface area contributed by atoms with Crippen molar-refractivity contribution in [1.82, 2.24) is 0 Å². The van der Waals surface area contributed by atoms with Crippen LogP contribution in [0.3, 0.4) is 0 Å². The van der Waals surface area contributed by atoms with Gasteiger partial charge in [-0.1, -0.05) is 0 Å². The minimum atomic E-state index is -2.25. The molecule has 0 fully saturated rings. The molecule has 0 aromatic carbocycles. The number of esters is 1. The number of allylic oxidation sites excluding steroid dienone is 1. The van der Waals surface area contributed by atoms with Crippen molar-refractivity contribution in [3.05, 3.63) is 8.79 Å². The fraction of sp³-hybridized carbons (Fsp3) is 0.800. The van der Waals surface area contributed by atoms with Crippen LogP contribution in [0, 0.1) is 0 Å². The van der Waals surface area contributed by atoms with Gasteiger partial charge in [-0.25, -0.2) is 0 Å². The number of ether oxygens (including phenoxy) is 1. The van der Waals surface area contributed by atoms with E-state index in [0.717, 1.165) is 11.6 Å². The summed E-state index contributed by atoms with van der Waals surface area (Å²) in [5, 5.41) is 1.10. The van der Waals surface area contributed by atoms with Crippen molar-refractivity contribution in [3.63, 3.8) is 0 Å². The van der Waals surface area contributed by atoms with Crippen LogP contribution in [-0.2, 0) is 9.53 Å². The Labute approximate surface area is 124 Å². The van der Waals surface area contributed by atoms with Crippen LogP contribution >= 0.6 is 0 Å². The van der Waals surface area contributed by atoms with Crippen molar-refractivity contribution in [1.29, 1.82) is 0 Å². The van der Waals surface area contributed by atoms with Gasteiger partial charge in [0.2, 0.25) is 0 Å². The van der Waals surface area contributed by atoms with Gasteiger partial charge in [-0.15, -0.1) is 0 Å². The predicted molar refractivity (Wildman–Crippen MR) is 89.9 cm³/mol. The molecule has 0 saturated heterocycles. The van der Waals surface area contributed by atoms with Crippen molar-refractivity contribution >= 4 is 32.4 Å². The Balaban J connectivity index is 5.77. The van der Waals surface area contributed by atoms with Gasteiger partial charge in [-0.2, -0.15) is 0 Å². The van der Waals surface area contributed by atoms with E-state index in [1.54, 1.807) is 0 Å². The Morgan fingerprint density at radius 3 is 1.95 bits per heavy atom. The molecule has 0 rings (SSSR count). The van der Waals surface area contributed by atoms with Crippen LogP contribution in [0.4, 0.5) is 0 Å². The first-order valence-electron chi connectivity index (χ1n) is 7.46. The molecule has 0 radical (unpaired) electrons. The van der Waals surface area contributed by atoms with E-state index in [4.69, 9.17) is 4.74 Å². The number of rotatable bonds is 7. The Bertz CT molecular complexity index is 335. The number of carbonyl (C=O) groups is 1. The molecule has 2 nitrogen and oxygen atoms in total. The molecule has 0 saturated carbocycles. The molecule has 112 valence electrons. The predicted octanol–water partition coefficient (Wildman–Crippen LogP) is 4.79. The van der Waals surface area contributed by atoms with Gasteiger partial charge in [0.05, 0.1) is 0 Å². The summed E-state index contributed by atoms with van der Waals surface area (Å²) in [5.74, 6) is -0.0283. The van der Waals surface area contributed by atoms with Crippen LogP contribution in [0.15, 0.2) is 8.79 Å². The first-order valence-corrected chi connectivity index (χ1v) is 21.0. The van der Waals surface area contributed by atoms with E-state index in [-0.39, 0.29) is 5.97 Å². The van der Waals surface area contributed by atoms with Gasteiger partial charge < -0.3 is 0 Å². The molecular weight excluding hydrogens is 359 g/mol. The average Bonchev–Trinajstić information content (AvgIpc) is 2.20. The standard InChI is InChI=1S/C12H23O2Si.3CH3.Sn/c1-6-8-9-10-11(15(3,4)5)12(13)14-7-2;;;;/h6-9H2,1-5H3;3*1H3;. The second-order valence-electron chi connectivity index (χ2n) is 7.18. The molecule has 0 unspecified atom stereocenters.